The standard InChI is InChI=1S/C17H24O3/c1-11-9-15(10-12(2)17(11)20)14-6-3-13(4-7-14)5-8-16(18)19/h3,5-6,8-9,12-15,17,20H,4,7,10H2,1-2H3,(H,18,19)/b8-5+. The number of carboxylic acid groups (broad SMARTS) is 1. The van der Waals surface area contributed by atoms with Gasteiger partial charge in [0.15, 0.2) is 0 Å². The van der Waals surface area contributed by atoms with E-state index in [1.807, 2.05) is 6.92 Å². The van der Waals surface area contributed by atoms with Gasteiger partial charge in [0, 0.05) is 6.08 Å². The Kier molecular flexibility index (Phi) is 4.81. The first-order chi connectivity index (χ1) is 9.47. The summed E-state index contributed by atoms with van der Waals surface area (Å²) >= 11 is 0. The van der Waals surface area contributed by atoms with E-state index in [-0.39, 0.29) is 12.0 Å². The van der Waals surface area contributed by atoms with E-state index in [2.05, 4.69) is 25.2 Å². The Labute approximate surface area is 120 Å². The van der Waals surface area contributed by atoms with Gasteiger partial charge in [0.05, 0.1) is 6.10 Å². The normalized spacial score (nSPS) is 38.0. The average molecular weight is 276 g/mol. The number of aliphatic hydroxyl groups excluding tert-OH is 1. The molecule has 0 spiro atoms. The van der Waals surface area contributed by atoms with Crippen LogP contribution in [-0.4, -0.2) is 22.3 Å². The summed E-state index contributed by atoms with van der Waals surface area (Å²) in [7, 11) is 0. The first-order valence-electron chi connectivity index (χ1n) is 7.43. The van der Waals surface area contributed by atoms with Gasteiger partial charge in [-0.25, -0.2) is 4.79 Å². The summed E-state index contributed by atoms with van der Waals surface area (Å²) in [5.41, 5.74) is 1.09. The van der Waals surface area contributed by atoms with Gasteiger partial charge in [-0.15, -0.1) is 0 Å². The largest absolute Gasteiger partial charge is 0.478 e. The second-order valence-electron chi connectivity index (χ2n) is 6.22. The molecule has 3 heteroatoms. The van der Waals surface area contributed by atoms with E-state index in [9.17, 15) is 9.90 Å². The molecule has 0 saturated heterocycles. The van der Waals surface area contributed by atoms with Gasteiger partial charge in [-0.1, -0.05) is 31.2 Å². The molecule has 0 aromatic carbocycles. The van der Waals surface area contributed by atoms with Crippen LogP contribution in [0, 0.1) is 23.7 Å². The van der Waals surface area contributed by atoms with Gasteiger partial charge in [-0.3, -0.25) is 0 Å². The Bertz CT molecular complexity index is 447. The summed E-state index contributed by atoms with van der Waals surface area (Å²) in [6.07, 6.45) is 12.4. The van der Waals surface area contributed by atoms with E-state index >= 15 is 0 Å². The molecule has 0 aliphatic heterocycles. The maximum atomic E-state index is 10.5. The molecule has 0 aromatic heterocycles. The zero-order chi connectivity index (χ0) is 14.7. The lowest BCUT2D eigenvalue weighted by molar-refractivity contribution is -0.131. The Morgan fingerprint density at radius 1 is 1.30 bits per heavy atom. The first kappa shape index (κ1) is 15.0. The highest BCUT2D eigenvalue weighted by Gasteiger charge is 2.30. The van der Waals surface area contributed by atoms with Crippen molar-refractivity contribution in [2.24, 2.45) is 23.7 Å². The molecular weight excluding hydrogens is 252 g/mol. The predicted molar refractivity (Wildman–Crippen MR) is 79.2 cm³/mol. The van der Waals surface area contributed by atoms with Crippen molar-refractivity contribution in [1.29, 1.82) is 0 Å². The molecule has 0 radical (unpaired) electrons. The fourth-order valence-corrected chi connectivity index (χ4v) is 3.40. The number of hydrogen-bond donors (Lipinski definition) is 2. The lowest BCUT2D eigenvalue weighted by Gasteiger charge is -2.35. The Morgan fingerprint density at radius 3 is 2.60 bits per heavy atom. The van der Waals surface area contributed by atoms with Crippen molar-refractivity contribution >= 4 is 5.97 Å². The zero-order valence-electron chi connectivity index (χ0n) is 12.2. The van der Waals surface area contributed by atoms with Crippen molar-refractivity contribution in [2.45, 2.75) is 39.2 Å². The van der Waals surface area contributed by atoms with Gasteiger partial charge in [0.2, 0.25) is 0 Å². The molecule has 0 heterocycles. The third-order valence-corrected chi connectivity index (χ3v) is 4.60. The molecule has 0 saturated carbocycles. The fraction of sp³-hybridized carbons (Fsp3) is 0.588. The van der Waals surface area contributed by atoms with E-state index in [1.165, 1.54) is 6.08 Å². The second-order valence-corrected chi connectivity index (χ2v) is 6.22. The zero-order valence-corrected chi connectivity index (χ0v) is 12.2. The molecule has 0 bridgehead atoms. The van der Waals surface area contributed by atoms with E-state index in [1.54, 1.807) is 6.08 Å². The SMILES string of the molecule is CC1=CC(C2C=CC(/C=C/C(=O)O)CC2)CC(C)C1O. The highest BCUT2D eigenvalue weighted by molar-refractivity contribution is 5.79. The van der Waals surface area contributed by atoms with Crippen LogP contribution < -0.4 is 0 Å². The summed E-state index contributed by atoms with van der Waals surface area (Å²) in [4.78, 5) is 10.5. The van der Waals surface area contributed by atoms with Crippen LogP contribution in [0.15, 0.2) is 36.0 Å². The van der Waals surface area contributed by atoms with Gasteiger partial charge < -0.3 is 10.2 Å². The molecule has 20 heavy (non-hydrogen) atoms. The van der Waals surface area contributed by atoms with Crippen molar-refractivity contribution in [3.05, 3.63) is 36.0 Å². The lowest BCUT2D eigenvalue weighted by Crippen LogP contribution is -2.29. The van der Waals surface area contributed by atoms with Crippen LogP contribution in [0.4, 0.5) is 0 Å². The van der Waals surface area contributed by atoms with Crippen LogP contribution in [0.25, 0.3) is 0 Å². The monoisotopic (exact) mass is 276 g/mol. The summed E-state index contributed by atoms with van der Waals surface area (Å²) in [6, 6.07) is 0. The molecule has 2 aliphatic rings. The van der Waals surface area contributed by atoms with Gasteiger partial charge in [-0.2, -0.15) is 0 Å². The maximum Gasteiger partial charge on any atom is 0.327 e. The Morgan fingerprint density at radius 2 is 2.05 bits per heavy atom. The molecule has 3 nitrogen and oxygen atoms in total. The highest BCUT2D eigenvalue weighted by Crippen LogP contribution is 2.37. The molecule has 0 fully saturated rings. The summed E-state index contributed by atoms with van der Waals surface area (Å²) < 4.78 is 0. The van der Waals surface area contributed by atoms with Crippen LogP contribution >= 0.6 is 0 Å². The van der Waals surface area contributed by atoms with Crippen molar-refractivity contribution in [1.82, 2.24) is 0 Å². The van der Waals surface area contributed by atoms with Gasteiger partial charge in [0.1, 0.15) is 0 Å². The minimum absolute atomic E-state index is 0.249. The molecule has 110 valence electrons. The highest BCUT2D eigenvalue weighted by atomic mass is 16.4. The fourth-order valence-electron chi connectivity index (χ4n) is 3.40. The van der Waals surface area contributed by atoms with Crippen LogP contribution in [0.1, 0.15) is 33.1 Å². The molecule has 0 aromatic rings. The van der Waals surface area contributed by atoms with E-state index in [0.29, 0.717) is 17.8 Å². The number of carbonyl (C=O) groups is 1. The molecule has 5 atom stereocenters. The predicted octanol–water partition coefficient (Wildman–Crippen LogP) is 3.17. The molecule has 2 aliphatic carbocycles. The van der Waals surface area contributed by atoms with Crippen molar-refractivity contribution in [2.75, 3.05) is 0 Å². The van der Waals surface area contributed by atoms with Crippen LogP contribution in [0.5, 0.6) is 0 Å². The van der Waals surface area contributed by atoms with Crippen molar-refractivity contribution in [3.8, 4) is 0 Å². The number of allylic oxidation sites excluding steroid dienone is 4. The Balaban J connectivity index is 1.99. The molecule has 5 unspecified atom stereocenters. The molecule has 2 rings (SSSR count). The first-order valence-corrected chi connectivity index (χ1v) is 7.43. The van der Waals surface area contributed by atoms with Gasteiger partial charge >= 0.3 is 5.97 Å². The summed E-state index contributed by atoms with van der Waals surface area (Å²) in [5.74, 6) is 0.722. The number of aliphatic hydroxyl groups is 1. The van der Waals surface area contributed by atoms with E-state index < -0.39 is 5.97 Å². The number of rotatable bonds is 3. The Hall–Kier alpha value is -1.35. The topological polar surface area (TPSA) is 57.5 Å². The lowest BCUT2D eigenvalue weighted by atomic mass is 9.72. The average Bonchev–Trinajstić information content (AvgIpc) is 2.42. The smallest absolute Gasteiger partial charge is 0.327 e. The van der Waals surface area contributed by atoms with E-state index in [0.717, 1.165) is 24.8 Å². The number of hydrogen-bond acceptors (Lipinski definition) is 2. The van der Waals surface area contributed by atoms with Crippen LogP contribution in [0.2, 0.25) is 0 Å². The van der Waals surface area contributed by atoms with Gasteiger partial charge in [-0.05, 0) is 55.4 Å². The molecule has 0 amide bonds. The second kappa shape index (κ2) is 6.40. The number of carboxylic acids is 1. The third-order valence-electron chi connectivity index (χ3n) is 4.60. The summed E-state index contributed by atoms with van der Waals surface area (Å²) in [5, 5.41) is 18.6. The van der Waals surface area contributed by atoms with Crippen molar-refractivity contribution < 1.29 is 15.0 Å². The quantitative estimate of drug-likeness (QED) is 0.615. The van der Waals surface area contributed by atoms with Crippen molar-refractivity contribution in [3.63, 3.8) is 0 Å². The maximum absolute atomic E-state index is 10.5. The van der Waals surface area contributed by atoms with E-state index in [4.69, 9.17) is 5.11 Å². The summed E-state index contributed by atoms with van der Waals surface area (Å²) in [6.45, 7) is 4.12. The van der Waals surface area contributed by atoms with Crippen LogP contribution in [-0.2, 0) is 4.79 Å². The van der Waals surface area contributed by atoms with Gasteiger partial charge in [0.25, 0.3) is 0 Å². The number of aliphatic carboxylic acids is 1. The molecule has 2 N–H and O–H groups in total. The minimum Gasteiger partial charge on any atom is -0.478 e. The van der Waals surface area contributed by atoms with Crippen LogP contribution in [0.3, 0.4) is 0 Å². The third kappa shape index (κ3) is 3.60. The molecular formula is C17H24O3. The minimum atomic E-state index is -0.880.